The summed E-state index contributed by atoms with van der Waals surface area (Å²) >= 11 is 0. The lowest BCUT2D eigenvalue weighted by Gasteiger charge is -2.32. The second-order valence-electron chi connectivity index (χ2n) is 4.90. The van der Waals surface area contributed by atoms with Crippen LogP contribution in [0.25, 0.3) is 0 Å². The highest BCUT2D eigenvalue weighted by atomic mass is 19.1. The lowest BCUT2D eigenvalue weighted by atomic mass is 10.1. The summed E-state index contributed by atoms with van der Waals surface area (Å²) in [6.45, 7) is 3.98. The number of carbonyl (C=O) groups is 1. The van der Waals surface area contributed by atoms with Gasteiger partial charge >= 0.3 is 6.03 Å². The van der Waals surface area contributed by atoms with Gasteiger partial charge in [-0.15, -0.1) is 0 Å². The van der Waals surface area contributed by atoms with E-state index in [4.69, 9.17) is 0 Å². The number of benzene rings is 1. The average molecular weight is 265 g/mol. The van der Waals surface area contributed by atoms with E-state index in [1.807, 2.05) is 4.90 Å². The largest absolute Gasteiger partial charge is 0.338 e. The zero-order valence-electron chi connectivity index (χ0n) is 11.2. The molecule has 1 heterocycles. The summed E-state index contributed by atoms with van der Waals surface area (Å²) in [5, 5.41) is 2.91. The topological polar surface area (TPSA) is 35.6 Å². The molecule has 0 saturated carbocycles. The van der Waals surface area contributed by atoms with E-state index in [1.54, 1.807) is 12.1 Å². The van der Waals surface area contributed by atoms with E-state index >= 15 is 0 Å². The summed E-state index contributed by atoms with van der Waals surface area (Å²) in [5.74, 6) is -0.231. The predicted octanol–water partition coefficient (Wildman–Crippen LogP) is 1.33. The van der Waals surface area contributed by atoms with E-state index < -0.39 is 0 Å². The summed E-state index contributed by atoms with van der Waals surface area (Å²) in [7, 11) is 2.06. The molecule has 5 heteroatoms. The molecule has 0 aromatic heterocycles. The molecule has 2 rings (SSSR count). The molecule has 0 unspecified atom stereocenters. The Morgan fingerprint density at radius 3 is 2.47 bits per heavy atom. The fourth-order valence-electron chi connectivity index (χ4n) is 2.09. The third-order valence-electron chi connectivity index (χ3n) is 3.39. The van der Waals surface area contributed by atoms with Gasteiger partial charge in [-0.3, -0.25) is 0 Å². The number of carbonyl (C=O) groups excluding carboxylic acids is 1. The molecule has 104 valence electrons. The van der Waals surface area contributed by atoms with Gasteiger partial charge in [0.1, 0.15) is 5.82 Å². The van der Waals surface area contributed by atoms with Gasteiger partial charge in [0, 0.05) is 32.7 Å². The Balaban J connectivity index is 1.70. The molecular formula is C14H20FN3O. The van der Waals surface area contributed by atoms with Crippen LogP contribution in [0.3, 0.4) is 0 Å². The predicted molar refractivity (Wildman–Crippen MR) is 72.6 cm³/mol. The van der Waals surface area contributed by atoms with Crippen molar-refractivity contribution >= 4 is 6.03 Å². The maximum atomic E-state index is 12.7. The van der Waals surface area contributed by atoms with Crippen molar-refractivity contribution < 1.29 is 9.18 Å². The van der Waals surface area contributed by atoms with E-state index in [0.717, 1.165) is 38.2 Å². The first kappa shape index (κ1) is 13.8. The minimum atomic E-state index is -0.231. The van der Waals surface area contributed by atoms with Gasteiger partial charge in [0.05, 0.1) is 0 Å². The van der Waals surface area contributed by atoms with Crippen molar-refractivity contribution in [3.63, 3.8) is 0 Å². The van der Waals surface area contributed by atoms with E-state index in [2.05, 4.69) is 17.3 Å². The third-order valence-corrected chi connectivity index (χ3v) is 3.39. The lowest BCUT2D eigenvalue weighted by molar-refractivity contribution is 0.154. The van der Waals surface area contributed by atoms with Gasteiger partial charge in [-0.25, -0.2) is 9.18 Å². The van der Waals surface area contributed by atoms with Gasteiger partial charge in [0.15, 0.2) is 0 Å². The van der Waals surface area contributed by atoms with Crippen LogP contribution in [0.4, 0.5) is 9.18 Å². The number of nitrogens with one attached hydrogen (secondary N) is 1. The number of hydrogen-bond donors (Lipinski definition) is 1. The van der Waals surface area contributed by atoms with Gasteiger partial charge in [-0.1, -0.05) is 12.1 Å². The first-order chi connectivity index (χ1) is 9.15. The van der Waals surface area contributed by atoms with Crippen LogP contribution in [-0.4, -0.2) is 55.6 Å². The van der Waals surface area contributed by atoms with E-state index in [0.29, 0.717) is 6.54 Å². The number of nitrogens with zero attached hydrogens (tertiary/aromatic N) is 2. The second-order valence-corrected chi connectivity index (χ2v) is 4.90. The number of likely N-dealkylation sites (N-methyl/N-ethyl adjacent to an activating group) is 1. The molecular weight excluding hydrogens is 245 g/mol. The van der Waals surface area contributed by atoms with Crippen molar-refractivity contribution in [1.29, 1.82) is 0 Å². The summed E-state index contributed by atoms with van der Waals surface area (Å²) in [6, 6.07) is 6.37. The molecule has 0 radical (unpaired) electrons. The smallest absolute Gasteiger partial charge is 0.317 e. The second kappa shape index (κ2) is 6.52. The monoisotopic (exact) mass is 265 g/mol. The molecule has 2 amide bonds. The Bertz CT molecular complexity index is 413. The first-order valence-corrected chi connectivity index (χ1v) is 6.61. The number of hydrogen-bond acceptors (Lipinski definition) is 2. The summed E-state index contributed by atoms with van der Waals surface area (Å²) < 4.78 is 12.7. The van der Waals surface area contributed by atoms with Crippen LogP contribution < -0.4 is 5.32 Å². The Morgan fingerprint density at radius 2 is 1.84 bits per heavy atom. The molecule has 19 heavy (non-hydrogen) atoms. The highest BCUT2D eigenvalue weighted by Crippen LogP contribution is 2.03. The van der Waals surface area contributed by atoms with Crippen molar-refractivity contribution in [2.45, 2.75) is 6.42 Å². The molecule has 0 atom stereocenters. The molecule has 1 fully saturated rings. The van der Waals surface area contributed by atoms with Crippen molar-refractivity contribution in [1.82, 2.24) is 15.1 Å². The number of piperazine rings is 1. The zero-order valence-corrected chi connectivity index (χ0v) is 11.2. The van der Waals surface area contributed by atoms with Gasteiger partial charge < -0.3 is 15.1 Å². The molecule has 1 aliphatic heterocycles. The van der Waals surface area contributed by atoms with E-state index in [9.17, 15) is 9.18 Å². The van der Waals surface area contributed by atoms with Gasteiger partial charge in [-0.2, -0.15) is 0 Å². The molecule has 0 spiro atoms. The van der Waals surface area contributed by atoms with Gasteiger partial charge in [-0.05, 0) is 31.2 Å². The molecule has 1 aliphatic rings. The minimum Gasteiger partial charge on any atom is -0.338 e. The Morgan fingerprint density at radius 1 is 1.21 bits per heavy atom. The van der Waals surface area contributed by atoms with Crippen LogP contribution in [0, 0.1) is 5.82 Å². The third kappa shape index (κ3) is 4.21. The highest BCUT2D eigenvalue weighted by Gasteiger charge is 2.18. The van der Waals surface area contributed by atoms with Crippen LogP contribution in [0.2, 0.25) is 0 Å². The van der Waals surface area contributed by atoms with Gasteiger partial charge in [0.25, 0.3) is 0 Å². The molecule has 1 saturated heterocycles. The van der Waals surface area contributed by atoms with E-state index in [-0.39, 0.29) is 11.8 Å². The number of halogens is 1. The van der Waals surface area contributed by atoms with Crippen molar-refractivity contribution in [2.24, 2.45) is 0 Å². The maximum absolute atomic E-state index is 12.7. The standard InChI is InChI=1S/C14H20FN3O/c1-17-8-10-18(11-9-17)14(19)16-7-6-12-2-4-13(15)5-3-12/h2-5H,6-11H2,1H3,(H,16,19). The van der Waals surface area contributed by atoms with Crippen molar-refractivity contribution in [3.8, 4) is 0 Å². The summed E-state index contributed by atoms with van der Waals surface area (Å²) in [5.41, 5.74) is 1.03. The van der Waals surface area contributed by atoms with Crippen LogP contribution in [-0.2, 0) is 6.42 Å². The highest BCUT2D eigenvalue weighted by molar-refractivity contribution is 5.74. The average Bonchev–Trinajstić information content (AvgIpc) is 2.41. The molecule has 4 nitrogen and oxygen atoms in total. The maximum Gasteiger partial charge on any atom is 0.317 e. The molecule has 1 aromatic rings. The van der Waals surface area contributed by atoms with Crippen molar-refractivity contribution in [3.05, 3.63) is 35.6 Å². The SMILES string of the molecule is CN1CCN(C(=O)NCCc2ccc(F)cc2)CC1. The minimum absolute atomic E-state index is 0.00443. The normalized spacial score (nSPS) is 16.4. The molecule has 0 aliphatic carbocycles. The Hall–Kier alpha value is -1.62. The van der Waals surface area contributed by atoms with Crippen LogP contribution in [0.15, 0.2) is 24.3 Å². The van der Waals surface area contributed by atoms with E-state index in [1.165, 1.54) is 12.1 Å². The number of rotatable bonds is 3. The summed E-state index contributed by atoms with van der Waals surface area (Å²) in [4.78, 5) is 15.9. The lowest BCUT2D eigenvalue weighted by Crippen LogP contribution is -2.50. The van der Waals surface area contributed by atoms with Crippen LogP contribution >= 0.6 is 0 Å². The quantitative estimate of drug-likeness (QED) is 0.895. The molecule has 1 N–H and O–H groups in total. The summed E-state index contributed by atoms with van der Waals surface area (Å²) in [6.07, 6.45) is 0.722. The number of amides is 2. The Labute approximate surface area is 113 Å². The number of urea groups is 1. The first-order valence-electron chi connectivity index (χ1n) is 6.61. The fraction of sp³-hybridized carbons (Fsp3) is 0.500. The zero-order chi connectivity index (χ0) is 13.7. The van der Waals surface area contributed by atoms with Crippen LogP contribution in [0.5, 0.6) is 0 Å². The molecule has 1 aromatic carbocycles. The fourth-order valence-corrected chi connectivity index (χ4v) is 2.09. The Kier molecular flexibility index (Phi) is 4.74. The van der Waals surface area contributed by atoms with Gasteiger partial charge in [0.2, 0.25) is 0 Å². The molecule has 0 bridgehead atoms. The van der Waals surface area contributed by atoms with Crippen LogP contribution in [0.1, 0.15) is 5.56 Å². The van der Waals surface area contributed by atoms with Crippen molar-refractivity contribution in [2.75, 3.05) is 39.8 Å².